The summed E-state index contributed by atoms with van der Waals surface area (Å²) in [6.45, 7) is 0.513. The van der Waals surface area contributed by atoms with Gasteiger partial charge in [-0.05, 0) is 49.9 Å². The van der Waals surface area contributed by atoms with Crippen LogP contribution in [0.2, 0.25) is 0 Å². The first-order valence-corrected chi connectivity index (χ1v) is 13.4. The van der Waals surface area contributed by atoms with Crippen LogP contribution < -0.4 is 19.5 Å². The van der Waals surface area contributed by atoms with Crippen LogP contribution in [-0.4, -0.2) is 55.2 Å². The quantitative estimate of drug-likeness (QED) is 0.410. The summed E-state index contributed by atoms with van der Waals surface area (Å²) >= 11 is 1.32. The van der Waals surface area contributed by atoms with E-state index >= 15 is 0 Å². The number of benzene rings is 2. The number of amides is 1. The van der Waals surface area contributed by atoms with Gasteiger partial charge in [0.2, 0.25) is 5.75 Å². The van der Waals surface area contributed by atoms with Gasteiger partial charge in [-0.25, -0.2) is 4.98 Å². The van der Waals surface area contributed by atoms with E-state index in [0.29, 0.717) is 39.1 Å². The number of methoxy groups -OCH3 is 3. The number of nitrogens with one attached hydrogen (secondary N) is 1. The number of nitrogens with zero attached hydrogens (tertiary/aromatic N) is 2. The average molecular weight is 550 g/mol. The van der Waals surface area contributed by atoms with Crippen molar-refractivity contribution in [2.75, 3.05) is 21.3 Å². The third-order valence-corrected chi connectivity index (χ3v) is 8.48. The molecule has 1 N–H and O–H groups in total. The van der Waals surface area contributed by atoms with Crippen molar-refractivity contribution in [2.45, 2.75) is 63.0 Å². The maximum Gasteiger partial charge on any atom is 0.418 e. The van der Waals surface area contributed by atoms with Crippen LogP contribution in [0.1, 0.15) is 53.0 Å². The molecule has 0 saturated carbocycles. The van der Waals surface area contributed by atoms with Crippen molar-refractivity contribution in [1.29, 1.82) is 0 Å². The molecule has 2 aromatic carbocycles. The Hall–Kier alpha value is -3.05. The van der Waals surface area contributed by atoms with Gasteiger partial charge in [0, 0.05) is 23.7 Å². The van der Waals surface area contributed by atoms with E-state index in [1.807, 2.05) is 0 Å². The number of carbonyl (C=O) groups excluding carboxylic acids is 1. The van der Waals surface area contributed by atoms with Gasteiger partial charge in [0.05, 0.1) is 43.7 Å². The zero-order chi connectivity index (χ0) is 27.0. The number of thiazole rings is 1. The number of para-hydroxylation sites is 1. The number of rotatable bonds is 7. The third-order valence-electron chi connectivity index (χ3n) is 7.47. The molecular formula is C27H30F3N3O4S. The van der Waals surface area contributed by atoms with Crippen LogP contribution in [0.5, 0.6) is 17.2 Å². The van der Waals surface area contributed by atoms with E-state index in [9.17, 15) is 18.0 Å². The number of carbonyl (C=O) groups is 1. The molecule has 2 aliphatic rings. The third kappa shape index (κ3) is 5.13. The minimum absolute atomic E-state index is 0.0136. The predicted octanol–water partition coefficient (Wildman–Crippen LogP) is 5.66. The molecule has 2 unspecified atom stereocenters. The molecule has 2 bridgehead atoms. The SMILES string of the molecule is COc1cc(C(=O)NC2CC3CCCC(C2)N3Cc2nc3c(C(F)(F)F)cccc3s2)cc(OC)c1OC. The number of fused-ring (bicyclic) bond motifs is 3. The first kappa shape index (κ1) is 26.6. The lowest BCUT2D eigenvalue weighted by Crippen LogP contribution is -2.56. The zero-order valence-corrected chi connectivity index (χ0v) is 22.2. The van der Waals surface area contributed by atoms with Gasteiger partial charge in [0.1, 0.15) is 5.01 Å². The van der Waals surface area contributed by atoms with E-state index < -0.39 is 11.7 Å². The Bertz CT molecular complexity index is 1290. The van der Waals surface area contributed by atoms with Crippen molar-refractivity contribution < 1.29 is 32.2 Å². The van der Waals surface area contributed by atoms with Crippen LogP contribution >= 0.6 is 11.3 Å². The van der Waals surface area contributed by atoms with E-state index in [4.69, 9.17) is 14.2 Å². The van der Waals surface area contributed by atoms with E-state index in [1.165, 1.54) is 38.7 Å². The first-order valence-electron chi connectivity index (χ1n) is 12.5. The van der Waals surface area contributed by atoms with E-state index in [2.05, 4.69) is 15.2 Å². The van der Waals surface area contributed by atoms with Gasteiger partial charge in [0.15, 0.2) is 11.5 Å². The molecule has 1 aromatic heterocycles. The summed E-state index contributed by atoms with van der Waals surface area (Å²) in [6.07, 6.45) is 0.154. The summed E-state index contributed by atoms with van der Waals surface area (Å²) in [4.78, 5) is 20.0. The number of alkyl halides is 3. The molecule has 11 heteroatoms. The Labute approximate surface area is 222 Å². The molecule has 2 fully saturated rings. The summed E-state index contributed by atoms with van der Waals surface area (Å²) in [5.74, 6) is 1.03. The molecule has 5 rings (SSSR count). The molecule has 2 atom stereocenters. The van der Waals surface area contributed by atoms with Crippen molar-refractivity contribution in [3.05, 3.63) is 46.5 Å². The minimum atomic E-state index is -4.43. The number of hydrogen-bond acceptors (Lipinski definition) is 7. The van der Waals surface area contributed by atoms with Crippen LogP contribution in [0.3, 0.4) is 0 Å². The summed E-state index contributed by atoms with van der Waals surface area (Å²) in [5, 5.41) is 3.87. The molecule has 0 aliphatic carbocycles. The lowest BCUT2D eigenvalue weighted by molar-refractivity contribution is -0.136. The van der Waals surface area contributed by atoms with Gasteiger partial charge in [0.25, 0.3) is 5.91 Å². The standard InChI is InChI=1S/C27H30F3N3O4S/c1-35-20-10-15(11-21(36-2)25(20)37-3)26(34)31-16-12-17-6-4-7-18(13-16)33(17)14-23-32-24-19(27(28,29)30)8-5-9-22(24)38-23/h5,8-11,16-18H,4,6-7,12-14H2,1-3H3,(H,31,34). The van der Waals surface area contributed by atoms with Gasteiger partial charge >= 0.3 is 6.18 Å². The van der Waals surface area contributed by atoms with E-state index in [-0.39, 0.29) is 29.5 Å². The maximum atomic E-state index is 13.5. The average Bonchev–Trinajstić information content (AvgIpc) is 3.30. The molecule has 1 amide bonds. The molecule has 38 heavy (non-hydrogen) atoms. The second kappa shape index (κ2) is 10.6. The Morgan fingerprint density at radius 1 is 1.08 bits per heavy atom. The molecule has 3 heterocycles. The highest BCUT2D eigenvalue weighted by molar-refractivity contribution is 7.18. The predicted molar refractivity (Wildman–Crippen MR) is 138 cm³/mol. The molecule has 2 aliphatic heterocycles. The molecule has 0 spiro atoms. The molecule has 7 nitrogen and oxygen atoms in total. The van der Waals surface area contributed by atoms with Crippen molar-refractivity contribution in [3.63, 3.8) is 0 Å². The topological polar surface area (TPSA) is 72.9 Å². The van der Waals surface area contributed by atoms with Crippen LogP contribution in [0.4, 0.5) is 13.2 Å². The van der Waals surface area contributed by atoms with Crippen molar-refractivity contribution in [1.82, 2.24) is 15.2 Å². The summed E-state index contributed by atoms with van der Waals surface area (Å²) in [5.41, 5.74) is -0.245. The Morgan fingerprint density at radius 2 is 1.74 bits per heavy atom. The second-order valence-electron chi connectivity index (χ2n) is 9.72. The number of aromatic nitrogens is 1. The van der Waals surface area contributed by atoms with E-state index in [0.717, 1.165) is 38.2 Å². The van der Waals surface area contributed by atoms with Gasteiger partial charge in [-0.15, -0.1) is 11.3 Å². The molecule has 3 aromatic rings. The van der Waals surface area contributed by atoms with Crippen LogP contribution in [0.25, 0.3) is 10.2 Å². The highest BCUT2D eigenvalue weighted by Crippen LogP contribution is 2.40. The molecule has 2 saturated heterocycles. The monoisotopic (exact) mass is 549 g/mol. The first-order chi connectivity index (χ1) is 18.2. The fraction of sp³-hybridized carbons (Fsp3) is 0.481. The molecule has 204 valence electrons. The van der Waals surface area contributed by atoms with Crippen molar-refractivity contribution >= 4 is 27.5 Å². The number of piperidine rings is 2. The lowest BCUT2D eigenvalue weighted by Gasteiger charge is -2.48. The van der Waals surface area contributed by atoms with Crippen LogP contribution in [-0.2, 0) is 12.7 Å². The smallest absolute Gasteiger partial charge is 0.418 e. The largest absolute Gasteiger partial charge is 0.493 e. The van der Waals surface area contributed by atoms with Crippen molar-refractivity contribution in [2.24, 2.45) is 0 Å². The Balaban J connectivity index is 1.30. The highest BCUT2D eigenvalue weighted by Gasteiger charge is 2.40. The maximum absolute atomic E-state index is 13.5. The van der Waals surface area contributed by atoms with Gasteiger partial charge in [-0.3, -0.25) is 9.69 Å². The van der Waals surface area contributed by atoms with Crippen LogP contribution in [0, 0.1) is 0 Å². The van der Waals surface area contributed by atoms with Crippen molar-refractivity contribution in [3.8, 4) is 17.2 Å². The zero-order valence-electron chi connectivity index (χ0n) is 21.4. The summed E-state index contributed by atoms with van der Waals surface area (Å²) in [7, 11) is 4.52. The minimum Gasteiger partial charge on any atom is -0.493 e. The van der Waals surface area contributed by atoms with Gasteiger partial charge in [-0.1, -0.05) is 12.5 Å². The highest BCUT2D eigenvalue weighted by atomic mass is 32.1. The normalized spacial score (nSPS) is 21.8. The molecule has 0 radical (unpaired) electrons. The number of hydrogen-bond donors (Lipinski definition) is 1. The second-order valence-corrected chi connectivity index (χ2v) is 10.8. The fourth-order valence-electron chi connectivity index (χ4n) is 5.78. The number of halogens is 3. The summed E-state index contributed by atoms with van der Waals surface area (Å²) < 4.78 is 57.1. The Morgan fingerprint density at radius 3 is 2.32 bits per heavy atom. The lowest BCUT2D eigenvalue weighted by atomic mass is 9.81. The van der Waals surface area contributed by atoms with Gasteiger partial charge < -0.3 is 19.5 Å². The Kier molecular flexibility index (Phi) is 7.41. The van der Waals surface area contributed by atoms with E-state index in [1.54, 1.807) is 18.2 Å². The fourth-order valence-corrected chi connectivity index (χ4v) is 6.79. The molecular weight excluding hydrogens is 519 g/mol. The van der Waals surface area contributed by atoms with Crippen LogP contribution in [0.15, 0.2) is 30.3 Å². The number of ether oxygens (including phenoxy) is 3. The summed E-state index contributed by atoms with van der Waals surface area (Å²) in [6, 6.07) is 7.91. The van der Waals surface area contributed by atoms with Gasteiger partial charge in [-0.2, -0.15) is 13.2 Å².